The largest absolute Gasteiger partial charge is 0.396 e. The fourth-order valence-corrected chi connectivity index (χ4v) is 3.28. The van der Waals surface area contributed by atoms with Crippen LogP contribution < -0.4 is 5.32 Å². The number of aliphatic hydroxyl groups is 1. The molecule has 1 aromatic rings. The number of nitrogens with zero attached hydrogens (tertiary/aromatic N) is 2. The molecule has 1 atom stereocenters. The number of nitrogens with one attached hydrogen (secondary N) is 1. The molecule has 134 valence electrons. The second kappa shape index (κ2) is 10.3. The van der Waals surface area contributed by atoms with Crippen molar-refractivity contribution in [1.29, 1.82) is 0 Å². The van der Waals surface area contributed by atoms with Gasteiger partial charge in [0.05, 0.1) is 0 Å². The summed E-state index contributed by atoms with van der Waals surface area (Å²) in [6.07, 6.45) is 3.94. The SMILES string of the molecule is CCCN1CCC[C@@H](NC(=O)N(CCCO)Cc2ccccc2)C1. The zero-order valence-electron chi connectivity index (χ0n) is 14.8. The van der Waals surface area contributed by atoms with Crippen molar-refractivity contribution in [3.63, 3.8) is 0 Å². The molecule has 1 aromatic carbocycles. The number of likely N-dealkylation sites (tertiary alicyclic amines) is 1. The predicted octanol–water partition coefficient (Wildman–Crippen LogP) is 2.46. The molecule has 0 bridgehead atoms. The summed E-state index contributed by atoms with van der Waals surface area (Å²) in [5.74, 6) is 0. The van der Waals surface area contributed by atoms with Crippen molar-refractivity contribution >= 4 is 6.03 Å². The van der Waals surface area contributed by atoms with Gasteiger partial charge in [0, 0.05) is 32.3 Å². The fraction of sp³-hybridized carbons (Fsp3) is 0.632. The molecule has 0 aliphatic carbocycles. The topological polar surface area (TPSA) is 55.8 Å². The van der Waals surface area contributed by atoms with Crippen LogP contribution in [0.3, 0.4) is 0 Å². The van der Waals surface area contributed by atoms with Gasteiger partial charge in [0.2, 0.25) is 0 Å². The highest BCUT2D eigenvalue weighted by atomic mass is 16.3. The lowest BCUT2D eigenvalue weighted by atomic mass is 10.1. The summed E-state index contributed by atoms with van der Waals surface area (Å²) >= 11 is 0. The second-order valence-corrected chi connectivity index (χ2v) is 6.57. The lowest BCUT2D eigenvalue weighted by molar-refractivity contribution is 0.161. The molecule has 2 rings (SSSR count). The Kier molecular flexibility index (Phi) is 8.05. The highest BCUT2D eigenvalue weighted by Crippen LogP contribution is 2.12. The normalized spacial score (nSPS) is 18.3. The summed E-state index contributed by atoms with van der Waals surface area (Å²) in [5.41, 5.74) is 1.11. The monoisotopic (exact) mass is 333 g/mol. The number of hydrogen-bond acceptors (Lipinski definition) is 3. The predicted molar refractivity (Wildman–Crippen MR) is 96.8 cm³/mol. The Bertz CT molecular complexity index is 479. The molecule has 0 radical (unpaired) electrons. The lowest BCUT2D eigenvalue weighted by Crippen LogP contribution is -2.51. The van der Waals surface area contributed by atoms with E-state index in [9.17, 15) is 4.79 Å². The van der Waals surface area contributed by atoms with Crippen molar-refractivity contribution in [3.8, 4) is 0 Å². The van der Waals surface area contributed by atoms with Crippen molar-refractivity contribution in [2.75, 3.05) is 32.8 Å². The number of piperidine rings is 1. The number of hydrogen-bond donors (Lipinski definition) is 2. The third kappa shape index (κ3) is 6.13. The fourth-order valence-electron chi connectivity index (χ4n) is 3.28. The number of carbonyl (C=O) groups excluding carboxylic acids is 1. The van der Waals surface area contributed by atoms with E-state index in [1.165, 1.54) is 0 Å². The zero-order valence-corrected chi connectivity index (χ0v) is 14.8. The second-order valence-electron chi connectivity index (χ2n) is 6.57. The summed E-state index contributed by atoms with van der Waals surface area (Å²) in [7, 11) is 0. The minimum atomic E-state index is -0.0179. The molecule has 0 aromatic heterocycles. The Labute approximate surface area is 145 Å². The maximum atomic E-state index is 12.7. The third-order valence-corrected chi connectivity index (χ3v) is 4.46. The van der Waals surface area contributed by atoms with Crippen LogP contribution in [0.1, 0.15) is 38.2 Å². The van der Waals surface area contributed by atoms with E-state index in [0.29, 0.717) is 19.5 Å². The summed E-state index contributed by atoms with van der Waals surface area (Å²) in [6.45, 7) is 6.63. The summed E-state index contributed by atoms with van der Waals surface area (Å²) in [4.78, 5) is 16.9. The van der Waals surface area contributed by atoms with Crippen LogP contribution in [0.4, 0.5) is 4.79 Å². The van der Waals surface area contributed by atoms with Crippen LogP contribution in [0.5, 0.6) is 0 Å². The van der Waals surface area contributed by atoms with Gasteiger partial charge in [0.25, 0.3) is 0 Å². The van der Waals surface area contributed by atoms with Gasteiger partial charge in [-0.3, -0.25) is 0 Å². The van der Waals surface area contributed by atoms with Gasteiger partial charge in [-0.25, -0.2) is 4.79 Å². The van der Waals surface area contributed by atoms with Crippen LogP contribution >= 0.6 is 0 Å². The van der Waals surface area contributed by atoms with E-state index in [1.54, 1.807) is 0 Å². The molecule has 5 heteroatoms. The molecule has 0 unspecified atom stereocenters. The van der Waals surface area contributed by atoms with Crippen LogP contribution in [-0.2, 0) is 6.54 Å². The first kappa shape index (κ1) is 18.7. The molecule has 1 fully saturated rings. The molecule has 2 amide bonds. The summed E-state index contributed by atoms with van der Waals surface area (Å²) < 4.78 is 0. The van der Waals surface area contributed by atoms with Gasteiger partial charge in [0.1, 0.15) is 0 Å². The molecule has 1 saturated heterocycles. The van der Waals surface area contributed by atoms with Crippen molar-refractivity contribution < 1.29 is 9.90 Å². The number of aliphatic hydroxyl groups excluding tert-OH is 1. The number of benzene rings is 1. The van der Waals surface area contributed by atoms with Gasteiger partial charge in [-0.2, -0.15) is 0 Å². The average Bonchev–Trinajstić information content (AvgIpc) is 2.60. The Hall–Kier alpha value is -1.59. The molecule has 0 saturated carbocycles. The molecule has 24 heavy (non-hydrogen) atoms. The number of amides is 2. The highest BCUT2D eigenvalue weighted by molar-refractivity contribution is 5.74. The molecule has 2 N–H and O–H groups in total. The standard InChI is InChI=1S/C19H31N3O2/c1-2-11-21-12-6-10-18(16-21)20-19(24)22(13-7-14-23)15-17-8-4-3-5-9-17/h3-5,8-9,18,23H,2,6-7,10-16H2,1H3,(H,20,24)/t18-/m1/s1. The maximum Gasteiger partial charge on any atom is 0.317 e. The molecule has 1 aliphatic rings. The first-order valence-corrected chi connectivity index (χ1v) is 9.15. The maximum absolute atomic E-state index is 12.7. The first-order valence-electron chi connectivity index (χ1n) is 9.15. The van der Waals surface area contributed by atoms with Crippen LogP contribution in [0.25, 0.3) is 0 Å². The Balaban J connectivity index is 1.91. The van der Waals surface area contributed by atoms with Crippen molar-refractivity contribution in [3.05, 3.63) is 35.9 Å². The Morgan fingerprint density at radius 2 is 2.17 bits per heavy atom. The molecular formula is C19H31N3O2. The van der Waals surface area contributed by atoms with E-state index in [2.05, 4.69) is 17.1 Å². The van der Waals surface area contributed by atoms with Crippen molar-refractivity contribution in [1.82, 2.24) is 15.1 Å². The first-order chi connectivity index (χ1) is 11.7. The quantitative estimate of drug-likeness (QED) is 0.768. The Morgan fingerprint density at radius 3 is 2.88 bits per heavy atom. The molecule has 0 spiro atoms. The van der Waals surface area contributed by atoms with Crippen molar-refractivity contribution in [2.24, 2.45) is 0 Å². The van der Waals surface area contributed by atoms with Gasteiger partial charge >= 0.3 is 6.03 Å². The lowest BCUT2D eigenvalue weighted by Gasteiger charge is -2.34. The average molecular weight is 333 g/mol. The van der Waals surface area contributed by atoms with Gasteiger partial charge in [-0.05, 0) is 44.3 Å². The van der Waals surface area contributed by atoms with Crippen molar-refractivity contribution in [2.45, 2.75) is 45.2 Å². The van der Waals surface area contributed by atoms with Gasteiger partial charge in [-0.15, -0.1) is 0 Å². The molecular weight excluding hydrogens is 302 g/mol. The Morgan fingerprint density at radius 1 is 1.38 bits per heavy atom. The number of rotatable bonds is 8. The minimum absolute atomic E-state index is 0.0179. The zero-order chi connectivity index (χ0) is 17.2. The van der Waals surface area contributed by atoms with Gasteiger partial charge in [-0.1, -0.05) is 37.3 Å². The number of carbonyl (C=O) groups is 1. The van der Waals surface area contributed by atoms with E-state index in [0.717, 1.165) is 44.5 Å². The van der Waals surface area contributed by atoms with Crippen LogP contribution in [-0.4, -0.2) is 59.8 Å². The minimum Gasteiger partial charge on any atom is -0.396 e. The highest BCUT2D eigenvalue weighted by Gasteiger charge is 2.23. The van der Waals surface area contributed by atoms with Gasteiger partial charge < -0.3 is 20.2 Å². The summed E-state index contributed by atoms with van der Waals surface area (Å²) in [5, 5.41) is 12.3. The van der Waals surface area contributed by atoms with E-state index in [1.807, 2.05) is 35.2 Å². The van der Waals surface area contributed by atoms with E-state index >= 15 is 0 Å². The smallest absolute Gasteiger partial charge is 0.317 e. The molecule has 1 aliphatic heterocycles. The van der Waals surface area contributed by atoms with E-state index in [-0.39, 0.29) is 18.7 Å². The molecule has 5 nitrogen and oxygen atoms in total. The summed E-state index contributed by atoms with van der Waals surface area (Å²) in [6, 6.07) is 10.2. The number of urea groups is 1. The van der Waals surface area contributed by atoms with E-state index < -0.39 is 0 Å². The van der Waals surface area contributed by atoms with E-state index in [4.69, 9.17) is 5.11 Å². The van der Waals surface area contributed by atoms with Crippen LogP contribution in [0, 0.1) is 0 Å². The van der Waals surface area contributed by atoms with Crippen LogP contribution in [0.2, 0.25) is 0 Å². The third-order valence-electron chi connectivity index (χ3n) is 4.46. The molecule has 1 heterocycles. The van der Waals surface area contributed by atoms with Gasteiger partial charge in [0.15, 0.2) is 0 Å². The van der Waals surface area contributed by atoms with Crippen LogP contribution in [0.15, 0.2) is 30.3 Å².